The Morgan fingerprint density at radius 2 is 2.21 bits per heavy atom. The van der Waals surface area contributed by atoms with Crippen molar-refractivity contribution in [3.8, 4) is 5.75 Å². The van der Waals surface area contributed by atoms with Crippen LogP contribution in [0.1, 0.15) is 12.5 Å². The fraction of sp³-hybridized carbons (Fsp3) is 0.250. The quantitative estimate of drug-likeness (QED) is 0.921. The Morgan fingerprint density at radius 3 is 2.79 bits per heavy atom. The molecule has 0 aliphatic carbocycles. The molecule has 2 rings (SSSR count). The summed E-state index contributed by atoms with van der Waals surface area (Å²) in [5.74, 6) is 0.690. The van der Waals surface area contributed by atoms with E-state index in [1.807, 2.05) is 13.8 Å². The van der Waals surface area contributed by atoms with Crippen molar-refractivity contribution >= 4 is 26.5 Å². The van der Waals surface area contributed by atoms with Crippen LogP contribution in [0.3, 0.4) is 0 Å². The molecule has 0 aliphatic rings. The van der Waals surface area contributed by atoms with Gasteiger partial charge >= 0.3 is 0 Å². The molecule has 0 spiro atoms. The standard InChI is InChI=1S/C12H14N2O3S2/c1-3-17-11-5-4-10(8-9(11)2)19(15,16)14-12-13-6-7-18-12/h4-8H,3H2,1-2H3,(H,13,14). The molecule has 1 heterocycles. The van der Waals surface area contributed by atoms with Crippen molar-refractivity contribution in [3.63, 3.8) is 0 Å². The summed E-state index contributed by atoms with van der Waals surface area (Å²) in [5, 5.41) is 2.06. The van der Waals surface area contributed by atoms with Crippen molar-refractivity contribution in [1.29, 1.82) is 0 Å². The molecule has 0 fully saturated rings. The van der Waals surface area contributed by atoms with Gasteiger partial charge in [0.05, 0.1) is 11.5 Å². The van der Waals surface area contributed by atoms with Crippen LogP contribution in [-0.4, -0.2) is 20.0 Å². The second-order valence-corrected chi connectivity index (χ2v) is 6.38. The van der Waals surface area contributed by atoms with Crippen LogP contribution in [0.25, 0.3) is 0 Å². The molecule has 0 bridgehead atoms. The van der Waals surface area contributed by atoms with E-state index < -0.39 is 10.0 Å². The minimum atomic E-state index is -3.60. The van der Waals surface area contributed by atoms with Gasteiger partial charge in [-0.3, -0.25) is 4.72 Å². The lowest BCUT2D eigenvalue weighted by molar-refractivity contribution is 0.337. The fourth-order valence-corrected chi connectivity index (χ4v) is 3.43. The molecule has 0 atom stereocenters. The van der Waals surface area contributed by atoms with Crippen LogP contribution in [0.15, 0.2) is 34.7 Å². The van der Waals surface area contributed by atoms with Crippen LogP contribution < -0.4 is 9.46 Å². The maximum Gasteiger partial charge on any atom is 0.263 e. The molecule has 1 aromatic heterocycles. The summed E-state index contributed by atoms with van der Waals surface area (Å²) in [6.07, 6.45) is 1.55. The first kappa shape index (κ1) is 13.8. The van der Waals surface area contributed by atoms with Crippen molar-refractivity contribution in [2.45, 2.75) is 18.7 Å². The van der Waals surface area contributed by atoms with Gasteiger partial charge in [0, 0.05) is 11.6 Å². The van der Waals surface area contributed by atoms with E-state index in [0.29, 0.717) is 17.5 Å². The molecular weight excluding hydrogens is 284 g/mol. The fourth-order valence-electron chi connectivity index (χ4n) is 1.55. The minimum Gasteiger partial charge on any atom is -0.494 e. The second-order valence-electron chi connectivity index (χ2n) is 3.80. The topological polar surface area (TPSA) is 68.3 Å². The second kappa shape index (κ2) is 5.58. The van der Waals surface area contributed by atoms with Gasteiger partial charge < -0.3 is 4.74 Å². The number of nitrogens with one attached hydrogen (secondary N) is 1. The molecule has 2 aromatic rings. The van der Waals surface area contributed by atoms with Gasteiger partial charge in [-0.25, -0.2) is 13.4 Å². The van der Waals surface area contributed by atoms with Crippen molar-refractivity contribution in [3.05, 3.63) is 35.3 Å². The number of aromatic nitrogens is 1. The van der Waals surface area contributed by atoms with Gasteiger partial charge in [-0.2, -0.15) is 0 Å². The third kappa shape index (κ3) is 3.24. The monoisotopic (exact) mass is 298 g/mol. The molecule has 0 amide bonds. The number of benzene rings is 1. The van der Waals surface area contributed by atoms with Crippen LogP contribution in [-0.2, 0) is 10.0 Å². The number of rotatable bonds is 5. The third-order valence-electron chi connectivity index (χ3n) is 2.41. The third-order valence-corrected chi connectivity index (χ3v) is 4.56. The van der Waals surface area contributed by atoms with Crippen LogP contribution in [0.2, 0.25) is 0 Å². The Labute approximate surface area is 116 Å². The average molecular weight is 298 g/mol. The summed E-state index contributed by atoms with van der Waals surface area (Å²) < 4.78 is 32.1. The molecule has 5 nitrogen and oxygen atoms in total. The maximum absolute atomic E-state index is 12.1. The molecule has 19 heavy (non-hydrogen) atoms. The number of hydrogen-bond donors (Lipinski definition) is 1. The number of hydrogen-bond acceptors (Lipinski definition) is 5. The Kier molecular flexibility index (Phi) is 4.06. The van der Waals surface area contributed by atoms with E-state index in [-0.39, 0.29) is 4.90 Å². The minimum absolute atomic E-state index is 0.198. The van der Waals surface area contributed by atoms with E-state index in [4.69, 9.17) is 4.74 Å². The first-order valence-corrected chi connectivity index (χ1v) is 8.05. The zero-order chi connectivity index (χ0) is 13.9. The number of sulfonamides is 1. The Balaban J connectivity index is 2.28. The smallest absolute Gasteiger partial charge is 0.263 e. The van der Waals surface area contributed by atoms with Gasteiger partial charge in [0.15, 0.2) is 5.13 Å². The normalized spacial score (nSPS) is 11.3. The van der Waals surface area contributed by atoms with Gasteiger partial charge in [-0.1, -0.05) is 0 Å². The summed E-state index contributed by atoms with van der Waals surface area (Å²) in [5.41, 5.74) is 0.781. The molecule has 0 unspecified atom stereocenters. The Morgan fingerprint density at radius 1 is 1.42 bits per heavy atom. The van der Waals surface area contributed by atoms with Crippen LogP contribution in [0, 0.1) is 6.92 Å². The van der Waals surface area contributed by atoms with Crippen molar-refractivity contribution < 1.29 is 13.2 Å². The highest BCUT2D eigenvalue weighted by Gasteiger charge is 2.16. The van der Waals surface area contributed by atoms with Crippen molar-refractivity contribution in [2.24, 2.45) is 0 Å². The van der Waals surface area contributed by atoms with Gasteiger partial charge in [-0.05, 0) is 37.6 Å². The predicted molar refractivity (Wildman–Crippen MR) is 75.3 cm³/mol. The molecule has 102 valence electrons. The van der Waals surface area contributed by atoms with Gasteiger partial charge in [0.2, 0.25) is 0 Å². The molecule has 7 heteroatoms. The molecule has 0 aliphatic heterocycles. The number of ether oxygens (including phenoxy) is 1. The summed E-state index contributed by atoms with van der Waals surface area (Å²) in [6, 6.07) is 4.77. The zero-order valence-corrected chi connectivity index (χ0v) is 12.2. The molecule has 1 N–H and O–H groups in total. The Hall–Kier alpha value is -1.60. The number of anilines is 1. The molecular formula is C12H14N2O3S2. The van der Waals surface area contributed by atoms with Gasteiger partial charge in [0.1, 0.15) is 5.75 Å². The summed E-state index contributed by atoms with van der Waals surface area (Å²) in [6.45, 7) is 4.24. The van der Waals surface area contributed by atoms with Gasteiger partial charge in [0.25, 0.3) is 10.0 Å². The van der Waals surface area contributed by atoms with E-state index in [1.165, 1.54) is 17.4 Å². The van der Waals surface area contributed by atoms with E-state index in [1.54, 1.807) is 23.7 Å². The van der Waals surface area contributed by atoms with E-state index in [2.05, 4.69) is 9.71 Å². The highest BCUT2D eigenvalue weighted by molar-refractivity contribution is 7.93. The van der Waals surface area contributed by atoms with Crippen LogP contribution in [0.5, 0.6) is 5.75 Å². The molecule has 1 aromatic carbocycles. The lowest BCUT2D eigenvalue weighted by atomic mass is 10.2. The summed E-state index contributed by atoms with van der Waals surface area (Å²) in [7, 11) is -3.60. The van der Waals surface area contributed by atoms with Crippen LogP contribution in [0.4, 0.5) is 5.13 Å². The largest absolute Gasteiger partial charge is 0.494 e. The predicted octanol–water partition coefficient (Wildman–Crippen LogP) is 2.65. The van der Waals surface area contributed by atoms with E-state index in [0.717, 1.165) is 5.56 Å². The van der Waals surface area contributed by atoms with E-state index in [9.17, 15) is 8.42 Å². The van der Waals surface area contributed by atoms with Crippen molar-refractivity contribution in [2.75, 3.05) is 11.3 Å². The average Bonchev–Trinajstić information content (AvgIpc) is 2.84. The van der Waals surface area contributed by atoms with Crippen LogP contribution >= 0.6 is 11.3 Å². The molecule has 0 radical (unpaired) electrons. The number of nitrogens with zero attached hydrogens (tertiary/aromatic N) is 1. The number of thiazole rings is 1. The maximum atomic E-state index is 12.1. The zero-order valence-electron chi connectivity index (χ0n) is 10.6. The summed E-state index contributed by atoms with van der Waals surface area (Å²) in [4.78, 5) is 4.10. The number of aryl methyl sites for hydroxylation is 1. The lowest BCUT2D eigenvalue weighted by Crippen LogP contribution is -2.13. The summed E-state index contributed by atoms with van der Waals surface area (Å²) >= 11 is 1.23. The first-order chi connectivity index (χ1) is 9.03. The molecule has 0 saturated carbocycles. The van der Waals surface area contributed by atoms with Crippen molar-refractivity contribution in [1.82, 2.24) is 4.98 Å². The Bertz CT molecular complexity index is 652. The lowest BCUT2D eigenvalue weighted by Gasteiger charge is -2.10. The molecule has 0 saturated heterocycles. The van der Waals surface area contributed by atoms with E-state index >= 15 is 0 Å². The highest BCUT2D eigenvalue weighted by Crippen LogP contribution is 2.24. The first-order valence-electron chi connectivity index (χ1n) is 5.68. The SMILES string of the molecule is CCOc1ccc(S(=O)(=O)Nc2nccs2)cc1C. The van der Waals surface area contributed by atoms with Gasteiger partial charge in [-0.15, -0.1) is 11.3 Å². The highest BCUT2D eigenvalue weighted by atomic mass is 32.2.